The van der Waals surface area contributed by atoms with Gasteiger partial charge in [-0.1, -0.05) is 41.6 Å². The Morgan fingerprint density at radius 2 is 1.80 bits per heavy atom. The van der Waals surface area contributed by atoms with Crippen molar-refractivity contribution in [3.63, 3.8) is 0 Å². The Morgan fingerprint density at radius 3 is 2.44 bits per heavy atom. The van der Waals surface area contributed by atoms with E-state index in [9.17, 15) is 9.90 Å². The summed E-state index contributed by atoms with van der Waals surface area (Å²) >= 11 is 7.56. The van der Waals surface area contributed by atoms with Crippen LogP contribution in [0.25, 0.3) is 0 Å². The Balaban J connectivity index is 1.96. The maximum atomic E-state index is 11.4. The van der Waals surface area contributed by atoms with Gasteiger partial charge in [0.15, 0.2) is 0 Å². The molecule has 2 aromatic carbocycles. The highest BCUT2D eigenvalue weighted by Gasteiger charge is 2.41. The Bertz CT molecular complexity index is 743. The van der Waals surface area contributed by atoms with Crippen LogP contribution < -0.4 is 0 Å². The molecule has 0 atom stereocenters. The highest BCUT2D eigenvalue weighted by Crippen LogP contribution is 2.43. The number of carboxylic acid groups (broad SMARTS) is 1. The number of ether oxygens (including phenoxy) is 1. The molecule has 0 spiro atoms. The van der Waals surface area contributed by atoms with Gasteiger partial charge in [-0.3, -0.25) is 0 Å². The second-order valence-corrected chi connectivity index (χ2v) is 7.77. The molecule has 1 N–H and O–H groups in total. The quantitative estimate of drug-likeness (QED) is 0.750. The van der Waals surface area contributed by atoms with Gasteiger partial charge in [0.05, 0.1) is 0 Å². The average molecular weight is 378 g/mol. The van der Waals surface area contributed by atoms with E-state index in [-0.39, 0.29) is 0 Å². The summed E-state index contributed by atoms with van der Waals surface area (Å²) < 4.78 is 5.47. The predicted octanol–water partition coefficient (Wildman–Crippen LogP) is 5.11. The number of carbonyl (C=O) groups is 1. The van der Waals surface area contributed by atoms with Crippen LogP contribution in [0.15, 0.2) is 58.3 Å². The van der Waals surface area contributed by atoms with Crippen LogP contribution in [0, 0.1) is 0 Å². The number of rotatable bonds is 4. The second kappa shape index (κ2) is 7.68. The summed E-state index contributed by atoms with van der Waals surface area (Å²) in [5, 5.41) is 10.0. The molecule has 0 saturated carbocycles. The summed E-state index contributed by atoms with van der Waals surface area (Å²) in [4.78, 5) is 15.6. The first kappa shape index (κ1) is 18.1. The molecule has 0 unspecified atom stereocenters. The van der Waals surface area contributed by atoms with E-state index >= 15 is 0 Å². The normalized spacial score (nSPS) is 17.2. The van der Waals surface area contributed by atoms with Crippen molar-refractivity contribution in [2.75, 3.05) is 20.1 Å². The molecule has 1 aliphatic heterocycles. The number of hydrogen-bond donors (Lipinski definition) is 1. The molecular formula is C19H20ClNO3S. The lowest BCUT2D eigenvalue weighted by molar-refractivity contribution is -0.0592. The summed E-state index contributed by atoms with van der Waals surface area (Å²) in [5.41, 5.74) is 0.138. The second-order valence-electron chi connectivity index (χ2n) is 6.22. The molecule has 1 aliphatic rings. The Labute approximate surface area is 156 Å². The SMILES string of the molecule is CN1CCC(OC(=O)O)(c2ccccc2Sc2ccc(Cl)cc2)CC1. The highest BCUT2D eigenvalue weighted by atomic mass is 35.5. The molecule has 0 aromatic heterocycles. The number of hydrogen-bond acceptors (Lipinski definition) is 4. The van der Waals surface area contributed by atoms with Gasteiger partial charge in [-0.05, 0) is 37.4 Å². The van der Waals surface area contributed by atoms with Crippen molar-refractivity contribution in [1.82, 2.24) is 4.90 Å². The molecule has 6 heteroatoms. The van der Waals surface area contributed by atoms with Gasteiger partial charge < -0.3 is 14.7 Å². The Kier molecular flexibility index (Phi) is 5.57. The summed E-state index contributed by atoms with van der Waals surface area (Å²) in [7, 11) is 2.04. The van der Waals surface area contributed by atoms with E-state index in [1.54, 1.807) is 11.8 Å². The third kappa shape index (κ3) is 4.29. The van der Waals surface area contributed by atoms with Crippen LogP contribution in [-0.2, 0) is 10.3 Å². The lowest BCUT2D eigenvalue weighted by atomic mass is 9.84. The van der Waals surface area contributed by atoms with Gasteiger partial charge in [0, 0.05) is 46.3 Å². The minimum Gasteiger partial charge on any atom is -0.450 e. The molecule has 0 bridgehead atoms. The first-order valence-electron chi connectivity index (χ1n) is 8.12. The van der Waals surface area contributed by atoms with Gasteiger partial charge >= 0.3 is 6.16 Å². The van der Waals surface area contributed by atoms with Crippen molar-refractivity contribution in [2.24, 2.45) is 0 Å². The van der Waals surface area contributed by atoms with Crippen molar-refractivity contribution in [2.45, 2.75) is 28.2 Å². The number of likely N-dealkylation sites (tertiary alicyclic amines) is 1. The van der Waals surface area contributed by atoms with Gasteiger partial charge in [-0.2, -0.15) is 0 Å². The molecule has 1 fully saturated rings. The van der Waals surface area contributed by atoms with Crippen molar-refractivity contribution in [3.05, 3.63) is 59.1 Å². The minimum atomic E-state index is -1.23. The summed E-state index contributed by atoms with van der Waals surface area (Å²) in [6.45, 7) is 1.60. The monoisotopic (exact) mass is 377 g/mol. The average Bonchev–Trinajstić information content (AvgIpc) is 2.59. The zero-order valence-electron chi connectivity index (χ0n) is 13.9. The fourth-order valence-electron chi connectivity index (χ4n) is 3.13. The summed E-state index contributed by atoms with van der Waals surface area (Å²) in [5.74, 6) is 0. The highest BCUT2D eigenvalue weighted by molar-refractivity contribution is 7.99. The van der Waals surface area contributed by atoms with Crippen LogP contribution in [0.4, 0.5) is 4.79 Å². The topological polar surface area (TPSA) is 49.8 Å². The van der Waals surface area contributed by atoms with Crippen LogP contribution >= 0.6 is 23.4 Å². The Hall–Kier alpha value is -1.69. The number of benzene rings is 2. The van der Waals surface area contributed by atoms with Crippen molar-refractivity contribution in [1.29, 1.82) is 0 Å². The molecule has 4 nitrogen and oxygen atoms in total. The zero-order valence-corrected chi connectivity index (χ0v) is 15.5. The third-order valence-electron chi connectivity index (χ3n) is 4.50. The standard InChI is InChI=1S/C19H20ClNO3S/c1-21-12-10-19(11-13-21,24-18(22)23)16-4-2-3-5-17(16)25-15-8-6-14(20)7-9-15/h2-9H,10-13H2,1H3,(H,22,23). The number of piperidine rings is 1. The predicted molar refractivity (Wildman–Crippen MR) is 99.5 cm³/mol. The van der Waals surface area contributed by atoms with Gasteiger partial charge in [0.25, 0.3) is 0 Å². The van der Waals surface area contributed by atoms with Gasteiger partial charge in [-0.25, -0.2) is 4.79 Å². The smallest absolute Gasteiger partial charge is 0.450 e. The molecule has 1 heterocycles. The maximum absolute atomic E-state index is 11.4. The molecule has 1 saturated heterocycles. The van der Waals surface area contributed by atoms with Crippen molar-refractivity contribution in [3.8, 4) is 0 Å². The fourth-order valence-corrected chi connectivity index (χ4v) is 4.30. The molecule has 0 aliphatic carbocycles. The van der Waals surface area contributed by atoms with Crippen LogP contribution in [-0.4, -0.2) is 36.3 Å². The summed E-state index contributed by atoms with van der Waals surface area (Å²) in [6.07, 6.45) is 0.0676. The van der Waals surface area contributed by atoms with E-state index in [0.29, 0.717) is 17.9 Å². The molecule has 25 heavy (non-hydrogen) atoms. The van der Waals surface area contributed by atoms with Crippen LogP contribution in [0.1, 0.15) is 18.4 Å². The lowest BCUT2D eigenvalue weighted by Gasteiger charge is -2.40. The first-order valence-corrected chi connectivity index (χ1v) is 9.31. The number of nitrogens with zero attached hydrogens (tertiary/aromatic N) is 1. The first-order chi connectivity index (χ1) is 12.0. The zero-order chi connectivity index (χ0) is 17.9. The van der Waals surface area contributed by atoms with E-state index in [1.165, 1.54) is 0 Å². The molecule has 0 amide bonds. The van der Waals surface area contributed by atoms with Gasteiger partial charge in [0.1, 0.15) is 5.60 Å². The summed E-state index contributed by atoms with van der Waals surface area (Å²) in [6, 6.07) is 15.5. The lowest BCUT2D eigenvalue weighted by Crippen LogP contribution is -2.44. The molecule has 3 rings (SSSR count). The van der Waals surface area contributed by atoms with Crippen molar-refractivity contribution >= 4 is 29.5 Å². The largest absolute Gasteiger partial charge is 0.506 e. The van der Waals surface area contributed by atoms with E-state index in [4.69, 9.17) is 16.3 Å². The number of halogens is 1. The molecule has 132 valence electrons. The minimum absolute atomic E-state index is 0.647. The fraction of sp³-hybridized carbons (Fsp3) is 0.316. The van der Waals surface area contributed by atoms with Gasteiger partial charge in [-0.15, -0.1) is 0 Å². The van der Waals surface area contributed by atoms with Crippen LogP contribution in [0.5, 0.6) is 0 Å². The van der Waals surface area contributed by atoms with Crippen LogP contribution in [0.2, 0.25) is 5.02 Å². The van der Waals surface area contributed by atoms with Gasteiger partial charge in [0.2, 0.25) is 0 Å². The van der Waals surface area contributed by atoms with E-state index < -0.39 is 11.8 Å². The van der Waals surface area contributed by atoms with E-state index in [1.807, 2.05) is 55.6 Å². The molecule has 2 aromatic rings. The van der Waals surface area contributed by atoms with Crippen molar-refractivity contribution < 1.29 is 14.6 Å². The van der Waals surface area contributed by atoms with E-state index in [2.05, 4.69) is 4.90 Å². The Morgan fingerprint density at radius 1 is 1.16 bits per heavy atom. The molecule has 0 radical (unpaired) electrons. The third-order valence-corrected chi connectivity index (χ3v) is 5.83. The maximum Gasteiger partial charge on any atom is 0.506 e. The van der Waals surface area contributed by atoms with Crippen LogP contribution in [0.3, 0.4) is 0 Å². The van der Waals surface area contributed by atoms with E-state index in [0.717, 1.165) is 28.4 Å². The molecular weight excluding hydrogens is 358 g/mol.